The molecule has 0 radical (unpaired) electrons. The third-order valence-corrected chi connectivity index (χ3v) is 8.44. The van der Waals surface area contributed by atoms with Gasteiger partial charge in [-0.1, -0.05) is 41.5 Å². The molecule has 5 rings (SSSR count). The Labute approximate surface area is 266 Å². The first-order valence-corrected chi connectivity index (χ1v) is 14.9. The maximum Gasteiger partial charge on any atom is 0.271 e. The number of terminal acetylenes is 1. The number of hydrogen-bond acceptors (Lipinski definition) is 8. The first-order valence-electron chi connectivity index (χ1n) is 13.3. The molecule has 1 aromatic heterocycles. The van der Waals surface area contributed by atoms with E-state index in [4.69, 9.17) is 30.4 Å². The van der Waals surface area contributed by atoms with Crippen LogP contribution in [0.15, 0.2) is 86.2 Å². The monoisotopic (exact) mass is 673 g/mol. The van der Waals surface area contributed by atoms with Gasteiger partial charge in [0.15, 0.2) is 27.8 Å². The van der Waals surface area contributed by atoms with Gasteiger partial charge in [0.2, 0.25) is 0 Å². The number of rotatable bonds is 9. The van der Waals surface area contributed by atoms with Crippen LogP contribution in [0.5, 0.6) is 23.0 Å². The second-order valence-corrected chi connectivity index (χ2v) is 11.4. The van der Waals surface area contributed by atoms with Gasteiger partial charge in [0.05, 0.1) is 47.6 Å². The third kappa shape index (κ3) is 6.00. The van der Waals surface area contributed by atoms with Gasteiger partial charge in [0.1, 0.15) is 6.61 Å². The normalized spacial score (nSPS) is 14.3. The molecule has 1 N–H and O–H groups in total. The highest BCUT2D eigenvalue weighted by atomic mass is 79.9. The molecule has 4 aromatic rings. The van der Waals surface area contributed by atoms with Crippen LogP contribution in [0, 0.1) is 12.3 Å². The molecule has 1 aliphatic heterocycles. The number of carbonyl (C=O) groups excluding carboxylic acids is 1. The number of allylic oxidation sites excluding steroid dienone is 1. The number of anilines is 1. The maximum absolute atomic E-state index is 14.1. The highest BCUT2D eigenvalue weighted by Gasteiger charge is 2.33. The van der Waals surface area contributed by atoms with Crippen molar-refractivity contribution in [2.45, 2.75) is 13.0 Å². The molecule has 11 heteroatoms. The number of benzene rings is 3. The van der Waals surface area contributed by atoms with Crippen LogP contribution in [0.4, 0.5) is 5.69 Å². The first-order chi connectivity index (χ1) is 21.3. The fourth-order valence-corrected chi connectivity index (χ4v) is 6.52. The molecule has 1 aliphatic rings. The molecule has 0 saturated carbocycles. The number of aromatic nitrogens is 1. The van der Waals surface area contributed by atoms with E-state index >= 15 is 0 Å². The predicted molar refractivity (Wildman–Crippen MR) is 173 cm³/mol. The largest absolute Gasteiger partial charge is 0.493 e. The van der Waals surface area contributed by atoms with Crippen LogP contribution in [0.3, 0.4) is 0 Å². The minimum Gasteiger partial charge on any atom is -0.493 e. The molecule has 0 bridgehead atoms. The maximum atomic E-state index is 14.1. The lowest BCUT2D eigenvalue weighted by molar-refractivity contribution is -0.113. The van der Waals surface area contributed by atoms with Crippen molar-refractivity contribution in [3.63, 3.8) is 0 Å². The SMILES string of the molecule is C#CCOc1c(Br)cc(/C=c2\sc3n(c2=O)[C@@H](c2ccc(OC)c(OC)c2)C(C(=O)Nc2ccccc2)=C(C)N=3)cc1OC. The Kier molecular flexibility index (Phi) is 9.23. The molecule has 2 heterocycles. The Morgan fingerprint density at radius 2 is 1.80 bits per heavy atom. The van der Waals surface area contributed by atoms with Crippen molar-refractivity contribution in [1.82, 2.24) is 4.57 Å². The zero-order chi connectivity index (χ0) is 31.4. The van der Waals surface area contributed by atoms with Crippen LogP contribution >= 0.6 is 27.3 Å². The van der Waals surface area contributed by atoms with Crippen LogP contribution in [-0.4, -0.2) is 38.4 Å². The number of hydrogen-bond donors (Lipinski definition) is 1. The smallest absolute Gasteiger partial charge is 0.271 e. The van der Waals surface area contributed by atoms with E-state index in [-0.39, 0.29) is 18.1 Å². The number of nitrogens with zero attached hydrogens (tertiary/aromatic N) is 2. The Hall–Kier alpha value is -4.79. The van der Waals surface area contributed by atoms with Crippen molar-refractivity contribution in [2.75, 3.05) is 33.3 Å². The van der Waals surface area contributed by atoms with Crippen molar-refractivity contribution < 1.29 is 23.7 Å². The number of methoxy groups -OCH3 is 3. The summed E-state index contributed by atoms with van der Waals surface area (Å²) in [4.78, 5) is 33.1. The summed E-state index contributed by atoms with van der Waals surface area (Å²) in [5, 5.41) is 2.95. The lowest BCUT2D eigenvalue weighted by atomic mass is 9.94. The highest BCUT2D eigenvalue weighted by molar-refractivity contribution is 9.10. The summed E-state index contributed by atoms with van der Waals surface area (Å²) in [5.41, 5.74) is 2.48. The van der Waals surface area contributed by atoms with Gasteiger partial charge in [-0.25, -0.2) is 4.99 Å². The van der Waals surface area contributed by atoms with E-state index < -0.39 is 6.04 Å². The molecule has 224 valence electrons. The fourth-order valence-electron chi connectivity index (χ4n) is 4.90. The number of fused-ring (bicyclic) bond motifs is 1. The molecular formula is C33H28BrN3O6S. The Morgan fingerprint density at radius 3 is 2.48 bits per heavy atom. The number of nitrogens with one attached hydrogen (secondary N) is 1. The zero-order valence-corrected chi connectivity index (χ0v) is 26.7. The topological polar surface area (TPSA) is 100 Å². The molecule has 0 spiro atoms. The average Bonchev–Trinajstić information content (AvgIpc) is 3.33. The van der Waals surface area contributed by atoms with Gasteiger partial charge in [-0.2, -0.15) is 0 Å². The average molecular weight is 675 g/mol. The van der Waals surface area contributed by atoms with Gasteiger partial charge >= 0.3 is 0 Å². The van der Waals surface area contributed by atoms with Gasteiger partial charge in [-0.3, -0.25) is 14.2 Å². The first kappa shape index (κ1) is 30.7. The number of ether oxygens (including phenoxy) is 4. The quantitative estimate of drug-likeness (QED) is 0.259. The summed E-state index contributed by atoms with van der Waals surface area (Å²) in [6.07, 6.45) is 7.10. The molecule has 3 aromatic carbocycles. The molecule has 44 heavy (non-hydrogen) atoms. The van der Waals surface area contributed by atoms with E-state index in [0.717, 1.165) is 0 Å². The highest BCUT2D eigenvalue weighted by Crippen LogP contribution is 2.38. The van der Waals surface area contributed by atoms with Gasteiger partial charge in [-0.15, -0.1) is 6.42 Å². The van der Waals surface area contributed by atoms with E-state index in [1.165, 1.54) is 25.6 Å². The summed E-state index contributed by atoms with van der Waals surface area (Å²) in [5.74, 6) is 3.97. The molecule has 0 aliphatic carbocycles. The fraction of sp³-hybridized carbons (Fsp3) is 0.182. The van der Waals surface area contributed by atoms with Crippen molar-refractivity contribution in [2.24, 2.45) is 4.99 Å². The molecule has 1 amide bonds. The van der Waals surface area contributed by atoms with Gasteiger partial charge < -0.3 is 24.3 Å². The van der Waals surface area contributed by atoms with E-state index in [9.17, 15) is 9.59 Å². The second kappa shape index (κ2) is 13.2. The Bertz CT molecular complexity index is 1990. The molecule has 0 saturated heterocycles. The number of halogens is 1. The van der Waals surface area contributed by atoms with Crippen LogP contribution < -0.4 is 39.2 Å². The van der Waals surface area contributed by atoms with Gasteiger partial charge in [0, 0.05) is 5.69 Å². The molecular weight excluding hydrogens is 646 g/mol. The standard InChI is InChI=1S/C33H28BrN3O6S/c1-6-14-43-30-23(34)15-20(16-26(30)42-5)17-27-32(39)37-29(21-12-13-24(40-3)25(18-21)41-4)28(19(2)35-33(37)44-27)31(38)36-22-10-8-7-9-11-22/h1,7-13,15-18,29H,14H2,2-5H3,(H,36,38)/b27-17-/t29-/m0/s1. The van der Waals surface area contributed by atoms with Crippen molar-refractivity contribution in [1.29, 1.82) is 0 Å². The van der Waals surface area contributed by atoms with E-state index in [0.29, 0.717) is 64.9 Å². The predicted octanol–water partition coefficient (Wildman–Crippen LogP) is 4.67. The zero-order valence-electron chi connectivity index (χ0n) is 24.3. The van der Waals surface area contributed by atoms with Crippen LogP contribution in [0.2, 0.25) is 0 Å². The van der Waals surface area contributed by atoms with E-state index in [2.05, 4.69) is 27.2 Å². The number of carbonyl (C=O) groups is 1. The molecule has 0 unspecified atom stereocenters. The van der Waals surface area contributed by atoms with Gasteiger partial charge in [0.25, 0.3) is 11.5 Å². The van der Waals surface area contributed by atoms with Crippen LogP contribution in [0.1, 0.15) is 24.1 Å². The second-order valence-electron chi connectivity index (χ2n) is 9.54. The third-order valence-electron chi connectivity index (χ3n) is 6.87. The Balaban J connectivity index is 1.68. The van der Waals surface area contributed by atoms with E-state index in [1.54, 1.807) is 55.0 Å². The molecule has 0 fully saturated rings. The minimum atomic E-state index is -0.794. The lowest BCUT2D eigenvalue weighted by Gasteiger charge is -2.26. The van der Waals surface area contributed by atoms with Crippen molar-refractivity contribution in [3.8, 4) is 35.3 Å². The van der Waals surface area contributed by atoms with Crippen LogP contribution in [0.25, 0.3) is 6.08 Å². The summed E-state index contributed by atoms with van der Waals surface area (Å²) in [6.45, 7) is 1.84. The molecule has 1 atom stereocenters. The van der Waals surface area contributed by atoms with E-state index in [1.807, 2.05) is 30.3 Å². The van der Waals surface area contributed by atoms with Crippen LogP contribution in [-0.2, 0) is 4.79 Å². The lowest BCUT2D eigenvalue weighted by Crippen LogP contribution is -2.40. The Morgan fingerprint density at radius 1 is 1.07 bits per heavy atom. The van der Waals surface area contributed by atoms with Gasteiger partial charge in [-0.05, 0) is 76.5 Å². The summed E-state index contributed by atoms with van der Waals surface area (Å²) < 4.78 is 24.7. The van der Waals surface area contributed by atoms with Crippen molar-refractivity contribution in [3.05, 3.63) is 107 Å². The number of para-hydroxylation sites is 1. The molecule has 9 nitrogen and oxygen atoms in total. The summed E-state index contributed by atoms with van der Waals surface area (Å²) in [6, 6.07) is 17.2. The summed E-state index contributed by atoms with van der Waals surface area (Å²) >= 11 is 4.74. The number of amides is 1. The van der Waals surface area contributed by atoms with Crippen molar-refractivity contribution >= 4 is 44.9 Å². The number of thiazole rings is 1. The minimum absolute atomic E-state index is 0.0720. The summed E-state index contributed by atoms with van der Waals surface area (Å²) in [7, 11) is 4.60.